The van der Waals surface area contributed by atoms with Crippen LogP contribution in [0, 0.1) is 13.8 Å². The molecule has 2 heterocycles. The van der Waals surface area contributed by atoms with E-state index in [4.69, 9.17) is 0 Å². The molecule has 0 bridgehead atoms. The Morgan fingerprint density at radius 3 is 2.73 bits per heavy atom. The fourth-order valence-corrected chi connectivity index (χ4v) is 4.55. The van der Waals surface area contributed by atoms with Crippen LogP contribution in [0.3, 0.4) is 0 Å². The van der Waals surface area contributed by atoms with E-state index in [1.54, 1.807) is 11.3 Å². The first-order valence-corrected chi connectivity index (χ1v) is 10.1. The Labute approximate surface area is 158 Å². The summed E-state index contributed by atoms with van der Waals surface area (Å²) in [6.45, 7) is 4.40. The molecule has 1 saturated carbocycles. The van der Waals surface area contributed by atoms with Crippen LogP contribution in [0.1, 0.15) is 48.7 Å². The summed E-state index contributed by atoms with van der Waals surface area (Å²) in [5.74, 6) is 0. The molecule has 0 unspecified atom stereocenters. The Morgan fingerprint density at radius 2 is 1.96 bits per heavy atom. The van der Waals surface area contributed by atoms with E-state index in [-0.39, 0.29) is 0 Å². The molecule has 0 atom stereocenters. The highest BCUT2D eigenvalue weighted by atomic mass is 32.1. The minimum atomic E-state index is 0.664. The highest BCUT2D eigenvalue weighted by Gasteiger charge is 2.20. The quantitative estimate of drug-likeness (QED) is 0.460. The second-order valence-corrected chi connectivity index (χ2v) is 7.77. The number of anilines is 1. The summed E-state index contributed by atoms with van der Waals surface area (Å²) in [5.41, 5.74) is 9.00. The zero-order chi connectivity index (χ0) is 17.9. The van der Waals surface area contributed by atoms with Crippen molar-refractivity contribution in [2.75, 3.05) is 5.43 Å². The molecule has 26 heavy (non-hydrogen) atoms. The average Bonchev–Trinajstić information content (AvgIpc) is 3.38. The normalized spacial score (nSPS) is 15.2. The van der Waals surface area contributed by atoms with E-state index in [1.165, 1.54) is 42.6 Å². The van der Waals surface area contributed by atoms with Gasteiger partial charge in [0.05, 0.1) is 11.9 Å². The van der Waals surface area contributed by atoms with E-state index >= 15 is 0 Å². The predicted molar refractivity (Wildman–Crippen MR) is 110 cm³/mol. The second kappa shape index (κ2) is 7.46. The van der Waals surface area contributed by atoms with Crippen molar-refractivity contribution < 1.29 is 0 Å². The summed E-state index contributed by atoms with van der Waals surface area (Å²) < 4.78 is 2.49. The van der Waals surface area contributed by atoms with Crippen LogP contribution in [0.15, 0.2) is 46.9 Å². The van der Waals surface area contributed by atoms with Gasteiger partial charge in [0.1, 0.15) is 0 Å². The molecule has 5 heteroatoms. The number of hydrogen-bond acceptors (Lipinski definition) is 4. The van der Waals surface area contributed by atoms with Crippen molar-refractivity contribution in [3.63, 3.8) is 0 Å². The van der Waals surface area contributed by atoms with Gasteiger partial charge in [-0.1, -0.05) is 43.2 Å². The highest BCUT2D eigenvalue weighted by molar-refractivity contribution is 7.14. The molecule has 0 radical (unpaired) electrons. The van der Waals surface area contributed by atoms with Gasteiger partial charge in [0.25, 0.3) is 0 Å². The number of hydrazone groups is 1. The number of aromatic nitrogens is 2. The third-order valence-electron chi connectivity index (χ3n) is 5.15. The standard InChI is InChI=1S/C21H24N4S/c1-15-12-18(16(2)25(15)19-10-6-7-11-19)13-22-24-21-23-20(14-26-21)17-8-4-3-5-9-17/h3-5,8-9,12-14,19H,6-7,10-11H2,1-2H3,(H,23,24). The van der Waals surface area contributed by atoms with Gasteiger partial charge in [-0.15, -0.1) is 11.3 Å². The van der Waals surface area contributed by atoms with Gasteiger partial charge in [-0.25, -0.2) is 4.98 Å². The lowest BCUT2D eigenvalue weighted by atomic mass is 10.2. The van der Waals surface area contributed by atoms with Gasteiger partial charge in [0.15, 0.2) is 0 Å². The lowest BCUT2D eigenvalue weighted by molar-refractivity contribution is 0.500. The topological polar surface area (TPSA) is 42.2 Å². The van der Waals surface area contributed by atoms with E-state index < -0.39 is 0 Å². The summed E-state index contributed by atoms with van der Waals surface area (Å²) in [6.07, 6.45) is 7.21. The summed E-state index contributed by atoms with van der Waals surface area (Å²) in [4.78, 5) is 4.61. The lowest BCUT2D eigenvalue weighted by Crippen LogP contribution is -2.08. The molecule has 0 aliphatic heterocycles. The number of hydrogen-bond donors (Lipinski definition) is 1. The molecular weight excluding hydrogens is 340 g/mol. The SMILES string of the molecule is Cc1cc(C=NNc2nc(-c3ccccc3)cs2)c(C)n1C1CCCC1. The van der Waals surface area contributed by atoms with E-state index in [2.05, 4.69) is 57.5 Å². The summed E-state index contributed by atoms with van der Waals surface area (Å²) in [7, 11) is 0. The molecule has 0 amide bonds. The van der Waals surface area contributed by atoms with Gasteiger partial charge in [-0.3, -0.25) is 5.43 Å². The Balaban J connectivity index is 1.46. The predicted octanol–water partition coefficient (Wildman–Crippen LogP) is 5.79. The van der Waals surface area contributed by atoms with Gasteiger partial charge < -0.3 is 4.57 Å². The van der Waals surface area contributed by atoms with Crippen molar-refractivity contribution >= 4 is 22.7 Å². The minimum absolute atomic E-state index is 0.664. The Kier molecular flexibility index (Phi) is 4.89. The second-order valence-electron chi connectivity index (χ2n) is 6.91. The molecule has 1 aliphatic rings. The Bertz CT molecular complexity index is 901. The van der Waals surface area contributed by atoms with E-state index in [9.17, 15) is 0 Å². The van der Waals surface area contributed by atoms with E-state index in [1.807, 2.05) is 24.4 Å². The van der Waals surface area contributed by atoms with Crippen molar-refractivity contribution in [3.05, 3.63) is 58.7 Å². The van der Waals surface area contributed by atoms with Crippen molar-refractivity contribution in [2.24, 2.45) is 5.10 Å². The first-order chi connectivity index (χ1) is 12.7. The Morgan fingerprint density at radius 1 is 1.19 bits per heavy atom. The van der Waals surface area contributed by atoms with Crippen molar-refractivity contribution in [1.82, 2.24) is 9.55 Å². The molecule has 0 spiro atoms. The van der Waals surface area contributed by atoms with Crippen LogP contribution in [0.2, 0.25) is 0 Å². The van der Waals surface area contributed by atoms with Crippen LogP contribution < -0.4 is 5.43 Å². The largest absolute Gasteiger partial charge is 0.345 e. The fraction of sp³-hybridized carbons (Fsp3) is 0.333. The first-order valence-electron chi connectivity index (χ1n) is 9.21. The average molecular weight is 365 g/mol. The van der Waals surface area contributed by atoms with E-state index in [0.29, 0.717) is 6.04 Å². The third-order valence-corrected chi connectivity index (χ3v) is 5.90. The number of nitrogens with one attached hydrogen (secondary N) is 1. The van der Waals surface area contributed by atoms with E-state index in [0.717, 1.165) is 16.4 Å². The molecule has 134 valence electrons. The maximum atomic E-state index is 4.61. The van der Waals surface area contributed by atoms with Gasteiger partial charge in [-0.05, 0) is 32.8 Å². The van der Waals surface area contributed by atoms with Gasteiger partial charge in [-0.2, -0.15) is 5.10 Å². The van der Waals surface area contributed by atoms with Crippen molar-refractivity contribution in [1.29, 1.82) is 0 Å². The molecule has 3 aromatic rings. The molecule has 4 nitrogen and oxygen atoms in total. The lowest BCUT2D eigenvalue weighted by Gasteiger charge is -2.17. The van der Waals surface area contributed by atoms with Crippen LogP contribution in [0.4, 0.5) is 5.13 Å². The number of rotatable bonds is 5. The zero-order valence-corrected chi connectivity index (χ0v) is 16.1. The first kappa shape index (κ1) is 17.0. The van der Waals surface area contributed by atoms with Gasteiger partial charge >= 0.3 is 0 Å². The number of thiazole rings is 1. The maximum absolute atomic E-state index is 4.61. The van der Waals surface area contributed by atoms with Crippen LogP contribution in [-0.4, -0.2) is 15.8 Å². The fourth-order valence-electron chi connectivity index (χ4n) is 3.88. The molecule has 1 aliphatic carbocycles. The summed E-state index contributed by atoms with van der Waals surface area (Å²) >= 11 is 1.57. The third kappa shape index (κ3) is 3.44. The monoisotopic (exact) mass is 364 g/mol. The number of benzene rings is 1. The zero-order valence-electron chi connectivity index (χ0n) is 15.3. The Hall–Kier alpha value is -2.40. The molecule has 1 aromatic carbocycles. The summed E-state index contributed by atoms with van der Waals surface area (Å²) in [5, 5.41) is 7.28. The molecule has 2 aromatic heterocycles. The van der Waals surface area contributed by atoms with Crippen LogP contribution >= 0.6 is 11.3 Å². The molecular formula is C21H24N4S. The molecule has 0 saturated heterocycles. The van der Waals surface area contributed by atoms with Crippen LogP contribution in [0.25, 0.3) is 11.3 Å². The summed E-state index contributed by atoms with van der Waals surface area (Å²) in [6, 6.07) is 13.1. The van der Waals surface area contributed by atoms with Crippen LogP contribution in [0.5, 0.6) is 0 Å². The van der Waals surface area contributed by atoms with Gasteiger partial charge in [0, 0.05) is 33.9 Å². The number of aryl methyl sites for hydroxylation is 1. The highest BCUT2D eigenvalue weighted by Crippen LogP contribution is 2.33. The van der Waals surface area contributed by atoms with Crippen molar-refractivity contribution in [2.45, 2.75) is 45.6 Å². The minimum Gasteiger partial charge on any atom is -0.345 e. The smallest absolute Gasteiger partial charge is 0.203 e. The van der Waals surface area contributed by atoms with Crippen molar-refractivity contribution in [3.8, 4) is 11.3 Å². The molecule has 1 N–H and O–H groups in total. The maximum Gasteiger partial charge on any atom is 0.203 e. The van der Waals surface area contributed by atoms with Crippen LogP contribution in [-0.2, 0) is 0 Å². The number of nitrogens with zero attached hydrogens (tertiary/aromatic N) is 3. The van der Waals surface area contributed by atoms with Gasteiger partial charge in [0.2, 0.25) is 5.13 Å². The molecule has 4 rings (SSSR count). The molecule has 1 fully saturated rings.